The molecule has 1 aromatic rings. The van der Waals surface area contributed by atoms with Crippen LogP contribution in [0, 0.1) is 5.92 Å². The molecular weight excluding hydrogens is 238 g/mol. The lowest BCUT2D eigenvalue weighted by atomic mass is 10.1. The number of rotatable bonds is 4. The van der Waals surface area contributed by atoms with Crippen molar-refractivity contribution in [1.29, 1.82) is 0 Å². The Balaban J connectivity index is 1.98. The number of benzene rings is 1. The third kappa shape index (κ3) is 4.09. The van der Waals surface area contributed by atoms with Crippen LogP contribution in [0.25, 0.3) is 0 Å². The van der Waals surface area contributed by atoms with Gasteiger partial charge in [0.1, 0.15) is 5.84 Å². The van der Waals surface area contributed by atoms with Gasteiger partial charge in [0.15, 0.2) is 0 Å². The molecule has 2 rings (SSSR count). The van der Waals surface area contributed by atoms with Gasteiger partial charge < -0.3 is 10.6 Å². The molecule has 0 bridgehead atoms. The van der Waals surface area contributed by atoms with E-state index in [2.05, 4.69) is 15.6 Å². The van der Waals surface area contributed by atoms with Gasteiger partial charge in [-0.3, -0.25) is 9.79 Å². The Morgan fingerprint density at radius 3 is 2.68 bits per heavy atom. The molecule has 0 unspecified atom stereocenters. The molecule has 4 heteroatoms. The van der Waals surface area contributed by atoms with Crippen LogP contribution in [0.2, 0.25) is 0 Å². The van der Waals surface area contributed by atoms with Gasteiger partial charge in [0, 0.05) is 30.8 Å². The molecule has 0 spiro atoms. The summed E-state index contributed by atoms with van der Waals surface area (Å²) in [7, 11) is 0. The summed E-state index contributed by atoms with van der Waals surface area (Å²) in [5.74, 6) is 1.39. The first-order chi connectivity index (χ1) is 9.15. The van der Waals surface area contributed by atoms with Crippen molar-refractivity contribution in [1.82, 2.24) is 5.32 Å². The maximum Gasteiger partial charge on any atom is 0.224 e. The second-order valence-electron chi connectivity index (χ2n) is 5.23. The van der Waals surface area contributed by atoms with E-state index in [4.69, 9.17) is 0 Å². The molecule has 0 fully saturated rings. The van der Waals surface area contributed by atoms with Crippen LogP contribution in [0.4, 0.5) is 5.69 Å². The first-order valence-corrected chi connectivity index (χ1v) is 6.84. The van der Waals surface area contributed by atoms with E-state index in [1.807, 2.05) is 38.1 Å². The maximum absolute atomic E-state index is 11.7. The molecule has 0 aliphatic carbocycles. The minimum atomic E-state index is 0.0656. The molecule has 0 atom stereocenters. The van der Waals surface area contributed by atoms with Gasteiger partial charge in [-0.15, -0.1) is 0 Å². The number of nitrogens with one attached hydrogen (secondary N) is 2. The lowest BCUT2D eigenvalue weighted by Gasteiger charge is -2.15. The molecular formula is C15H21N3O. The smallest absolute Gasteiger partial charge is 0.224 e. The highest BCUT2D eigenvalue weighted by Gasteiger charge is 2.08. The summed E-state index contributed by atoms with van der Waals surface area (Å²) in [4.78, 5) is 16.1. The number of aliphatic imine (C=N–C) groups is 1. The second kappa shape index (κ2) is 6.36. The van der Waals surface area contributed by atoms with Crippen LogP contribution in [-0.2, 0) is 4.79 Å². The number of amides is 1. The minimum Gasteiger partial charge on any atom is -0.370 e. The van der Waals surface area contributed by atoms with E-state index in [9.17, 15) is 4.79 Å². The quantitative estimate of drug-likeness (QED) is 0.872. The lowest BCUT2D eigenvalue weighted by molar-refractivity contribution is -0.116. The fraction of sp³-hybridized carbons (Fsp3) is 0.467. The second-order valence-corrected chi connectivity index (χ2v) is 5.23. The third-order valence-electron chi connectivity index (χ3n) is 2.93. The zero-order valence-corrected chi connectivity index (χ0v) is 11.6. The van der Waals surface area contributed by atoms with E-state index in [0.717, 1.165) is 36.6 Å². The lowest BCUT2D eigenvalue weighted by Crippen LogP contribution is -2.30. The van der Waals surface area contributed by atoms with Crippen LogP contribution in [0.5, 0.6) is 0 Å². The van der Waals surface area contributed by atoms with Crippen LogP contribution in [0.15, 0.2) is 29.3 Å². The van der Waals surface area contributed by atoms with E-state index in [0.29, 0.717) is 12.3 Å². The predicted molar refractivity (Wildman–Crippen MR) is 78.6 cm³/mol. The number of carbonyl (C=O) groups is 1. The highest BCUT2D eigenvalue weighted by Crippen LogP contribution is 2.12. The first kappa shape index (κ1) is 13.6. The van der Waals surface area contributed by atoms with Crippen molar-refractivity contribution >= 4 is 17.4 Å². The summed E-state index contributed by atoms with van der Waals surface area (Å²) in [6.45, 7) is 5.94. The van der Waals surface area contributed by atoms with Crippen LogP contribution in [0.1, 0.15) is 32.3 Å². The van der Waals surface area contributed by atoms with Crippen molar-refractivity contribution in [3.63, 3.8) is 0 Å². The average Bonchev–Trinajstić information content (AvgIpc) is 2.39. The standard InChI is InChI=1S/C15H21N3O/c1-11(2)10-14(19)18-13-6-4-12(5-7-13)15-16-8-3-9-17-15/h4-7,11H,3,8-10H2,1-2H3,(H,16,17)(H,18,19). The van der Waals surface area contributed by atoms with Gasteiger partial charge >= 0.3 is 0 Å². The minimum absolute atomic E-state index is 0.0656. The molecule has 0 aromatic heterocycles. The van der Waals surface area contributed by atoms with E-state index in [-0.39, 0.29) is 5.91 Å². The van der Waals surface area contributed by atoms with Crippen molar-refractivity contribution < 1.29 is 4.79 Å². The SMILES string of the molecule is CC(C)CC(=O)Nc1ccc(C2=NCCCN2)cc1. The van der Waals surface area contributed by atoms with Gasteiger partial charge in [0.25, 0.3) is 0 Å². The van der Waals surface area contributed by atoms with Crippen molar-refractivity contribution in [3.05, 3.63) is 29.8 Å². The van der Waals surface area contributed by atoms with Gasteiger partial charge in [-0.1, -0.05) is 13.8 Å². The summed E-state index contributed by atoms with van der Waals surface area (Å²) in [5, 5.41) is 6.19. The highest BCUT2D eigenvalue weighted by atomic mass is 16.1. The van der Waals surface area contributed by atoms with Gasteiger partial charge in [-0.2, -0.15) is 0 Å². The number of hydrogen-bond acceptors (Lipinski definition) is 3. The number of nitrogens with zero attached hydrogens (tertiary/aromatic N) is 1. The molecule has 1 heterocycles. The van der Waals surface area contributed by atoms with Crippen molar-refractivity contribution in [2.45, 2.75) is 26.7 Å². The van der Waals surface area contributed by atoms with Gasteiger partial charge in [-0.25, -0.2) is 0 Å². The Morgan fingerprint density at radius 1 is 1.37 bits per heavy atom. The molecule has 1 aliphatic heterocycles. The molecule has 0 saturated heterocycles. The maximum atomic E-state index is 11.7. The summed E-state index contributed by atoms with van der Waals surface area (Å²) < 4.78 is 0. The highest BCUT2D eigenvalue weighted by molar-refractivity contribution is 5.99. The zero-order valence-electron chi connectivity index (χ0n) is 11.6. The van der Waals surface area contributed by atoms with Crippen molar-refractivity contribution in [3.8, 4) is 0 Å². The van der Waals surface area contributed by atoms with Crippen LogP contribution in [-0.4, -0.2) is 24.8 Å². The number of amidine groups is 1. The topological polar surface area (TPSA) is 53.5 Å². The van der Waals surface area contributed by atoms with Crippen LogP contribution >= 0.6 is 0 Å². The van der Waals surface area contributed by atoms with Crippen LogP contribution in [0.3, 0.4) is 0 Å². The summed E-state index contributed by atoms with van der Waals surface area (Å²) in [6.07, 6.45) is 1.64. The molecule has 4 nitrogen and oxygen atoms in total. The van der Waals surface area contributed by atoms with E-state index in [1.54, 1.807) is 0 Å². The summed E-state index contributed by atoms with van der Waals surface area (Å²) >= 11 is 0. The molecule has 102 valence electrons. The van der Waals surface area contributed by atoms with Crippen LogP contribution < -0.4 is 10.6 Å². The number of hydrogen-bond donors (Lipinski definition) is 2. The Morgan fingerprint density at radius 2 is 2.11 bits per heavy atom. The van der Waals surface area contributed by atoms with Crippen molar-refractivity contribution in [2.75, 3.05) is 18.4 Å². The fourth-order valence-electron chi connectivity index (χ4n) is 2.02. The molecule has 1 aliphatic rings. The number of anilines is 1. The normalized spacial score (nSPS) is 14.8. The molecule has 1 aromatic carbocycles. The molecule has 0 radical (unpaired) electrons. The summed E-state index contributed by atoms with van der Waals surface area (Å²) in [5.41, 5.74) is 1.91. The number of carbonyl (C=O) groups excluding carboxylic acids is 1. The Hall–Kier alpha value is -1.84. The Bertz CT molecular complexity index is 463. The molecule has 0 saturated carbocycles. The van der Waals surface area contributed by atoms with E-state index >= 15 is 0 Å². The molecule has 1 amide bonds. The fourth-order valence-corrected chi connectivity index (χ4v) is 2.02. The molecule has 2 N–H and O–H groups in total. The van der Waals surface area contributed by atoms with Gasteiger partial charge in [0.2, 0.25) is 5.91 Å². The van der Waals surface area contributed by atoms with E-state index < -0.39 is 0 Å². The predicted octanol–water partition coefficient (Wildman–Crippen LogP) is 2.41. The van der Waals surface area contributed by atoms with E-state index in [1.165, 1.54) is 0 Å². The largest absolute Gasteiger partial charge is 0.370 e. The first-order valence-electron chi connectivity index (χ1n) is 6.84. The van der Waals surface area contributed by atoms with Gasteiger partial charge in [0.05, 0.1) is 0 Å². The summed E-state index contributed by atoms with van der Waals surface area (Å²) in [6, 6.07) is 7.82. The Labute approximate surface area is 114 Å². The Kier molecular flexibility index (Phi) is 4.55. The molecule has 19 heavy (non-hydrogen) atoms. The average molecular weight is 259 g/mol. The third-order valence-corrected chi connectivity index (χ3v) is 2.93. The monoisotopic (exact) mass is 259 g/mol. The van der Waals surface area contributed by atoms with Gasteiger partial charge in [-0.05, 0) is 36.6 Å². The van der Waals surface area contributed by atoms with Crippen molar-refractivity contribution in [2.24, 2.45) is 10.9 Å². The zero-order chi connectivity index (χ0) is 13.7.